The molecule has 1 atom stereocenters. The van der Waals surface area contributed by atoms with Crippen LogP contribution in [0.3, 0.4) is 0 Å². The Morgan fingerprint density at radius 3 is 2.65 bits per heavy atom. The molecule has 1 aromatic rings. The molecule has 1 aromatic carbocycles. The predicted molar refractivity (Wildman–Crippen MR) is 80.9 cm³/mol. The Hall–Kier alpha value is -1.35. The van der Waals surface area contributed by atoms with Crippen molar-refractivity contribution in [3.8, 4) is 0 Å². The first-order valence-electron chi connectivity index (χ1n) is 7.36. The number of carboxylic acids is 1. The van der Waals surface area contributed by atoms with Crippen LogP contribution in [0.15, 0.2) is 18.2 Å². The van der Waals surface area contributed by atoms with Crippen molar-refractivity contribution >= 4 is 5.97 Å². The summed E-state index contributed by atoms with van der Waals surface area (Å²) in [6.07, 6.45) is 1.75. The van der Waals surface area contributed by atoms with Gasteiger partial charge < -0.3 is 5.11 Å². The molecule has 0 saturated carbocycles. The van der Waals surface area contributed by atoms with E-state index in [-0.39, 0.29) is 11.5 Å². The molecule has 1 fully saturated rings. The molecule has 1 aliphatic heterocycles. The van der Waals surface area contributed by atoms with E-state index in [4.69, 9.17) is 0 Å². The summed E-state index contributed by atoms with van der Waals surface area (Å²) in [4.78, 5) is 13.3. The fourth-order valence-electron chi connectivity index (χ4n) is 2.85. The maximum Gasteiger partial charge on any atom is 0.320 e. The van der Waals surface area contributed by atoms with Gasteiger partial charge in [-0.3, -0.25) is 9.69 Å². The first-order chi connectivity index (χ1) is 9.29. The molecule has 3 heteroatoms. The van der Waals surface area contributed by atoms with Gasteiger partial charge >= 0.3 is 5.97 Å². The Labute approximate surface area is 121 Å². The van der Waals surface area contributed by atoms with E-state index >= 15 is 0 Å². The Bertz CT molecular complexity index is 502. The second-order valence-electron chi connectivity index (χ2n) is 6.86. The number of carbonyl (C=O) groups is 1. The maximum absolute atomic E-state index is 11.2. The summed E-state index contributed by atoms with van der Waals surface area (Å²) >= 11 is 0. The van der Waals surface area contributed by atoms with Crippen molar-refractivity contribution in [2.24, 2.45) is 0 Å². The van der Waals surface area contributed by atoms with Crippen LogP contribution in [-0.2, 0) is 16.8 Å². The van der Waals surface area contributed by atoms with Crippen molar-refractivity contribution in [2.75, 3.05) is 6.54 Å². The zero-order chi connectivity index (χ0) is 14.9. The smallest absolute Gasteiger partial charge is 0.320 e. The van der Waals surface area contributed by atoms with Gasteiger partial charge in [0.25, 0.3) is 0 Å². The van der Waals surface area contributed by atoms with Gasteiger partial charge in [-0.05, 0) is 48.4 Å². The van der Waals surface area contributed by atoms with Crippen LogP contribution in [0.2, 0.25) is 0 Å². The van der Waals surface area contributed by atoms with E-state index in [1.165, 1.54) is 16.7 Å². The average molecular weight is 275 g/mol. The van der Waals surface area contributed by atoms with Gasteiger partial charge in [0.15, 0.2) is 0 Å². The largest absolute Gasteiger partial charge is 0.480 e. The van der Waals surface area contributed by atoms with Crippen molar-refractivity contribution in [1.29, 1.82) is 0 Å². The van der Waals surface area contributed by atoms with Gasteiger partial charge in [-0.2, -0.15) is 0 Å². The van der Waals surface area contributed by atoms with Crippen molar-refractivity contribution in [3.05, 3.63) is 34.9 Å². The average Bonchev–Trinajstić information content (AvgIpc) is 2.78. The fourth-order valence-corrected chi connectivity index (χ4v) is 2.85. The van der Waals surface area contributed by atoms with E-state index in [2.05, 4.69) is 50.8 Å². The molecule has 0 aromatic heterocycles. The molecule has 0 aliphatic carbocycles. The van der Waals surface area contributed by atoms with Crippen LogP contribution < -0.4 is 0 Å². The Balaban J connectivity index is 2.16. The molecule has 0 spiro atoms. The minimum Gasteiger partial charge on any atom is -0.480 e. The van der Waals surface area contributed by atoms with E-state index < -0.39 is 5.97 Å². The van der Waals surface area contributed by atoms with Crippen LogP contribution in [-0.4, -0.2) is 28.6 Å². The first kappa shape index (κ1) is 15.0. The second kappa shape index (κ2) is 5.57. The topological polar surface area (TPSA) is 40.5 Å². The lowest BCUT2D eigenvalue weighted by atomic mass is 9.85. The van der Waals surface area contributed by atoms with Gasteiger partial charge in [0, 0.05) is 6.54 Å². The van der Waals surface area contributed by atoms with Crippen molar-refractivity contribution in [3.63, 3.8) is 0 Å². The summed E-state index contributed by atoms with van der Waals surface area (Å²) < 4.78 is 0. The number of rotatable bonds is 3. The zero-order valence-electron chi connectivity index (χ0n) is 12.9. The normalized spacial score (nSPS) is 20.3. The lowest BCUT2D eigenvalue weighted by molar-refractivity contribution is -0.142. The van der Waals surface area contributed by atoms with E-state index in [0.717, 1.165) is 25.9 Å². The fraction of sp³-hybridized carbons (Fsp3) is 0.588. The summed E-state index contributed by atoms with van der Waals surface area (Å²) in [5.74, 6) is -0.688. The van der Waals surface area contributed by atoms with Gasteiger partial charge in [0.2, 0.25) is 0 Å². The molecule has 1 heterocycles. The minimum atomic E-state index is -0.688. The van der Waals surface area contributed by atoms with Gasteiger partial charge in [0.05, 0.1) is 0 Å². The summed E-state index contributed by atoms with van der Waals surface area (Å²) in [7, 11) is 0. The van der Waals surface area contributed by atoms with Crippen LogP contribution >= 0.6 is 0 Å². The van der Waals surface area contributed by atoms with Crippen molar-refractivity contribution in [1.82, 2.24) is 4.90 Å². The summed E-state index contributed by atoms with van der Waals surface area (Å²) in [5, 5.41) is 9.24. The van der Waals surface area contributed by atoms with Gasteiger partial charge in [-0.25, -0.2) is 0 Å². The van der Waals surface area contributed by atoms with Crippen LogP contribution in [0, 0.1) is 6.92 Å². The lowest BCUT2D eigenvalue weighted by Gasteiger charge is -2.24. The van der Waals surface area contributed by atoms with Crippen LogP contribution in [0.25, 0.3) is 0 Å². The minimum absolute atomic E-state index is 0.153. The summed E-state index contributed by atoms with van der Waals surface area (Å²) in [5.41, 5.74) is 3.98. The Morgan fingerprint density at radius 2 is 2.10 bits per heavy atom. The summed E-state index contributed by atoms with van der Waals surface area (Å²) in [6, 6.07) is 6.26. The third-order valence-electron chi connectivity index (χ3n) is 4.23. The molecule has 0 bridgehead atoms. The first-order valence-corrected chi connectivity index (χ1v) is 7.36. The molecule has 2 rings (SSSR count). The highest BCUT2D eigenvalue weighted by Gasteiger charge is 2.30. The number of nitrogens with zero attached hydrogens (tertiary/aromatic N) is 1. The number of hydrogen-bond donors (Lipinski definition) is 1. The Morgan fingerprint density at radius 1 is 1.40 bits per heavy atom. The van der Waals surface area contributed by atoms with Crippen LogP contribution in [0.5, 0.6) is 0 Å². The quantitative estimate of drug-likeness (QED) is 0.919. The number of aryl methyl sites for hydroxylation is 1. The third-order valence-corrected chi connectivity index (χ3v) is 4.23. The number of hydrogen-bond acceptors (Lipinski definition) is 2. The molecular formula is C17H25NO2. The van der Waals surface area contributed by atoms with E-state index in [0.29, 0.717) is 0 Å². The van der Waals surface area contributed by atoms with E-state index in [1.807, 2.05) is 0 Å². The molecule has 20 heavy (non-hydrogen) atoms. The number of carboxylic acid groups (broad SMARTS) is 1. The zero-order valence-corrected chi connectivity index (χ0v) is 12.9. The van der Waals surface area contributed by atoms with Gasteiger partial charge in [-0.15, -0.1) is 0 Å². The predicted octanol–water partition coefficient (Wildman–Crippen LogP) is 3.34. The standard InChI is InChI=1S/C17H25NO2/c1-12-10-14(17(2,3)4)8-7-13(12)11-18-9-5-6-15(18)16(19)20/h7-8,10,15H,5-6,9,11H2,1-4H3,(H,19,20). The molecule has 0 amide bonds. The van der Waals surface area contributed by atoms with Gasteiger partial charge in [0.1, 0.15) is 6.04 Å². The third kappa shape index (κ3) is 3.21. The Kier molecular flexibility index (Phi) is 4.19. The second-order valence-corrected chi connectivity index (χ2v) is 6.86. The molecule has 1 unspecified atom stereocenters. The van der Waals surface area contributed by atoms with Gasteiger partial charge in [-0.1, -0.05) is 39.0 Å². The van der Waals surface area contributed by atoms with Crippen molar-refractivity contribution < 1.29 is 9.90 Å². The maximum atomic E-state index is 11.2. The molecule has 1 N–H and O–H groups in total. The molecule has 1 saturated heterocycles. The molecule has 110 valence electrons. The number of likely N-dealkylation sites (tertiary alicyclic amines) is 1. The molecular weight excluding hydrogens is 250 g/mol. The van der Waals surface area contributed by atoms with Crippen LogP contribution in [0.1, 0.15) is 50.3 Å². The molecule has 0 radical (unpaired) electrons. The highest BCUT2D eigenvalue weighted by atomic mass is 16.4. The highest BCUT2D eigenvalue weighted by Crippen LogP contribution is 2.26. The van der Waals surface area contributed by atoms with E-state index in [9.17, 15) is 9.90 Å². The molecule has 3 nitrogen and oxygen atoms in total. The number of benzene rings is 1. The SMILES string of the molecule is Cc1cc(C(C)(C)C)ccc1CN1CCCC1C(=O)O. The summed E-state index contributed by atoms with van der Waals surface area (Å²) in [6.45, 7) is 10.4. The monoisotopic (exact) mass is 275 g/mol. The molecule has 1 aliphatic rings. The van der Waals surface area contributed by atoms with Crippen LogP contribution in [0.4, 0.5) is 0 Å². The highest BCUT2D eigenvalue weighted by molar-refractivity contribution is 5.73. The lowest BCUT2D eigenvalue weighted by Crippen LogP contribution is -2.35. The van der Waals surface area contributed by atoms with E-state index in [1.54, 1.807) is 0 Å². The van der Waals surface area contributed by atoms with Crippen molar-refractivity contribution in [2.45, 2.75) is 58.5 Å². The number of aliphatic carboxylic acids is 1.